The molecular formula is C33H52O8. The number of aliphatic hydroxyl groups is 2. The number of esters is 3. The zero-order chi connectivity index (χ0) is 31.0. The zero-order valence-electron chi connectivity index (χ0n) is 26.8. The van der Waals surface area contributed by atoms with Gasteiger partial charge in [-0.2, -0.15) is 0 Å². The van der Waals surface area contributed by atoms with Gasteiger partial charge in [-0.05, 0) is 87.9 Å². The maximum Gasteiger partial charge on any atom is 0.312 e. The number of rotatable bonds is 5. The van der Waals surface area contributed by atoms with E-state index in [9.17, 15) is 24.6 Å². The van der Waals surface area contributed by atoms with Gasteiger partial charge in [-0.3, -0.25) is 14.4 Å². The topological polar surface area (TPSA) is 119 Å². The highest BCUT2D eigenvalue weighted by atomic mass is 16.5. The maximum atomic E-state index is 13.5. The molecule has 2 N–H and O–H groups in total. The van der Waals surface area contributed by atoms with Crippen LogP contribution in [0.3, 0.4) is 0 Å². The molecule has 232 valence electrons. The van der Waals surface area contributed by atoms with E-state index in [0.29, 0.717) is 32.1 Å². The molecule has 0 aromatic carbocycles. The predicted molar refractivity (Wildman–Crippen MR) is 153 cm³/mol. The standard InChI is InChI=1S/C33H52O8/c1-19-13-16-33(27(37)41-10)17-23(34)31(6)20(25(33)32(19,7)38)11-12-22-29(4,18-24(35)39-8)21(14-15-30(22,31)5)28(2,3)26(36)40-9/h11,19,21-23,25,34,38H,12-18H2,1-10H3/t19-,21-,22+,23+,25-,29+,30-,31+,32-,33+/m1/s1. The summed E-state index contributed by atoms with van der Waals surface area (Å²) in [5.74, 6) is -1.83. The summed E-state index contributed by atoms with van der Waals surface area (Å²) in [6.07, 6.45) is 4.77. The van der Waals surface area contributed by atoms with Gasteiger partial charge in [0.25, 0.3) is 0 Å². The van der Waals surface area contributed by atoms with Crippen LogP contribution >= 0.6 is 0 Å². The number of hydrogen-bond donors (Lipinski definition) is 2. The fourth-order valence-electron chi connectivity index (χ4n) is 10.7. The van der Waals surface area contributed by atoms with Gasteiger partial charge in [-0.15, -0.1) is 0 Å². The van der Waals surface area contributed by atoms with E-state index in [2.05, 4.69) is 26.8 Å². The molecule has 8 heteroatoms. The average molecular weight is 577 g/mol. The first-order valence-corrected chi connectivity index (χ1v) is 15.2. The van der Waals surface area contributed by atoms with Crippen molar-refractivity contribution in [2.45, 2.75) is 105 Å². The van der Waals surface area contributed by atoms with Crippen molar-refractivity contribution in [3.63, 3.8) is 0 Å². The minimum absolute atomic E-state index is 0.0441. The third kappa shape index (κ3) is 4.09. The van der Waals surface area contributed by atoms with E-state index in [1.54, 1.807) is 0 Å². The molecule has 0 aromatic rings. The van der Waals surface area contributed by atoms with E-state index >= 15 is 0 Å². The summed E-state index contributed by atoms with van der Waals surface area (Å²) in [6.45, 7) is 14.1. The smallest absolute Gasteiger partial charge is 0.312 e. The molecule has 4 rings (SSSR count). The van der Waals surface area contributed by atoms with Crippen molar-refractivity contribution < 1.29 is 38.8 Å². The third-order valence-electron chi connectivity index (χ3n) is 13.3. The van der Waals surface area contributed by atoms with E-state index < -0.39 is 44.7 Å². The lowest BCUT2D eigenvalue weighted by molar-refractivity contribution is -0.231. The van der Waals surface area contributed by atoms with Crippen molar-refractivity contribution in [2.75, 3.05) is 21.3 Å². The Morgan fingerprint density at radius 1 is 1.00 bits per heavy atom. The second kappa shape index (κ2) is 10.1. The Hall–Kier alpha value is -1.93. The lowest BCUT2D eigenvalue weighted by Gasteiger charge is -2.71. The van der Waals surface area contributed by atoms with E-state index in [-0.39, 0.29) is 48.5 Å². The molecule has 4 aliphatic carbocycles. The first-order chi connectivity index (χ1) is 18.9. The summed E-state index contributed by atoms with van der Waals surface area (Å²) in [5.41, 5.74) is -4.04. The summed E-state index contributed by atoms with van der Waals surface area (Å²) in [7, 11) is 4.17. The largest absolute Gasteiger partial charge is 0.469 e. The first-order valence-electron chi connectivity index (χ1n) is 15.2. The highest BCUT2D eigenvalue weighted by molar-refractivity contribution is 5.79. The average Bonchev–Trinajstić information content (AvgIpc) is 2.90. The van der Waals surface area contributed by atoms with Crippen molar-refractivity contribution in [1.82, 2.24) is 0 Å². The lowest BCUT2D eigenvalue weighted by atomic mass is 9.33. The molecule has 3 saturated carbocycles. The molecule has 0 spiro atoms. The molecule has 0 radical (unpaired) electrons. The van der Waals surface area contributed by atoms with Crippen LogP contribution in [0.5, 0.6) is 0 Å². The molecule has 0 bridgehead atoms. The van der Waals surface area contributed by atoms with E-state index in [1.165, 1.54) is 21.3 Å². The highest BCUT2D eigenvalue weighted by Gasteiger charge is 2.73. The second-order valence-corrected chi connectivity index (χ2v) is 15.1. The van der Waals surface area contributed by atoms with Crippen LogP contribution in [0.4, 0.5) is 0 Å². The number of carbonyl (C=O) groups excluding carboxylic acids is 3. The monoisotopic (exact) mass is 576 g/mol. The Morgan fingerprint density at radius 3 is 2.20 bits per heavy atom. The number of hydrogen-bond acceptors (Lipinski definition) is 8. The third-order valence-corrected chi connectivity index (χ3v) is 13.3. The number of fused-ring (bicyclic) bond motifs is 5. The van der Waals surface area contributed by atoms with Crippen molar-refractivity contribution >= 4 is 17.9 Å². The van der Waals surface area contributed by atoms with Crippen LogP contribution in [-0.4, -0.2) is 61.2 Å². The summed E-state index contributed by atoms with van der Waals surface area (Å²) in [4.78, 5) is 39.6. The number of aliphatic hydroxyl groups excluding tert-OH is 1. The number of carbonyl (C=O) groups is 3. The Morgan fingerprint density at radius 2 is 1.63 bits per heavy atom. The minimum atomic E-state index is -1.18. The molecule has 3 fully saturated rings. The SMILES string of the molecule is COC(=O)C[C@@]1(C)[C@@H](C(C)(C)C(=O)OC)CC[C@]2(C)[C@H]1CC=C1[C@H]3[C@](C(=O)OC)(CC[C@@H](C)[C@@]3(C)O)C[C@H](O)[C@]12C. The summed E-state index contributed by atoms with van der Waals surface area (Å²) in [6, 6.07) is 0. The molecule has 0 saturated heterocycles. The fraction of sp³-hybridized carbons (Fsp3) is 0.848. The summed E-state index contributed by atoms with van der Waals surface area (Å²) in [5, 5.41) is 24.3. The molecule has 0 amide bonds. The van der Waals surface area contributed by atoms with E-state index in [1.807, 2.05) is 27.7 Å². The number of allylic oxidation sites excluding steroid dienone is 1. The first kappa shape index (κ1) is 32.0. The van der Waals surface area contributed by atoms with Gasteiger partial charge >= 0.3 is 17.9 Å². The Labute approximate surface area is 245 Å². The van der Waals surface area contributed by atoms with Crippen LogP contribution in [0.25, 0.3) is 0 Å². The lowest BCUT2D eigenvalue weighted by Crippen LogP contribution is -2.70. The molecule has 8 nitrogen and oxygen atoms in total. The fourth-order valence-corrected chi connectivity index (χ4v) is 10.7. The van der Waals surface area contributed by atoms with Gasteiger partial charge in [0.1, 0.15) is 0 Å². The van der Waals surface area contributed by atoms with Gasteiger partial charge in [-0.1, -0.05) is 39.3 Å². The Bertz CT molecular complexity index is 1120. The van der Waals surface area contributed by atoms with Crippen LogP contribution in [-0.2, 0) is 28.6 Å². The highest BCUT2D eigenvalue weighted by Crippen LogP contribution is 2.75. The van der Waals surface area contributed by atoms with Crippen molar-refractivity contribution in [3.8, 4) is 0 Å². The molecule has 41 heavy (non-hydrogen) atoms. The normalized spacial score (nSPS) is 45.8. The van der Waals surface area contributed by atoms with Gasteiger partial charge in [-0.25, -0.2) is 0 Å². The van der Waals surface area contributed by atoms with Gasteiger partial charge in [0, 0.05) is 11.3 Å². The predicted octanol–water partition coefficient (Wildman–Crippen LogP) is 4.85. The molecular weight excluding hydrogens is 524 g/mol. The van der Waals surface area contributed by atoms with Crippen molar-refractivity contribution in [1.29, 1.82) is 0 Å². The van der Waals surface area contributed by atoms with Gasteiger partial charge in [0.2, 0.25) is 0 Å². The van der Waals surface area contributed by atoms with Crippen molar-refractivity contribution in [3.05, 3.63) is 11.6 Å². The molecule has 10 atom stereocenters. The van der Waals surface area contributed by atoms with Crippen LogP contribution < -0.4 is 0 Å². The van der Waals surface area contributed by atoms with Gasteiger partial charge in [0.05, 0.1) is 50.3 Å². The minimum Gasteiger partial charge on any atom is -0.469 e. The summed E-state index contributed by atoms with van der Waals surface area (Å²) >= 11 is 0. The van der Waals surface area contributed by atoms with Crippen LogP contribution in [0.15, 0.2) is 11.6 Å². The molecule has 4 aliphatic rings. The van der Waals surface area contributed by atoms with E-state index in [4.69, 9.17) is 14.2 Å². The van der Waals surface area contributed by atoms with Crippen molar-refractivity contribution in [2.24, 2.45) is 50.7 Å². The Kier molecular flexibility index (Phi) is 7.86. The molecule has 0 aliphatic heterocycles. The molecule has 0 unspecified atom stereocenters. The number of ether oxygens (including phenoxy) is 3. The molecule has 0 heterocycles. The molecule has 0 aromatic heterocycles. The van der Waals surface area contributed by atoms with E-state index in [0.717, 1.165) is 5.57 Å². The van der Waals surface area contributed by atoms with Crippen LogP contribution in [0.2, 0.25) is 0 Å². The van der Waals surface area contributed by atoms with Gasteiger partial charge in [0.15, 0.2) is 0 Å². The Balaban J connectivity index is 1.94. The zero-order valence-corrected chi connectivity index (χ0v) is 26.8. The quantitative estimate of drug-likeness (QED) is 0.271. The maximum absolute atomic E-state index is 13.5. The van der Waals surface area contributed by atoms with Gasteiger partial charge < -0.3 is 24.4 Å². The van der Waals surface area contributed by atoms with Crippen LogP contribution in [0, 0.1) is 50.7 Å². The number of methoxy groups -OCH3 is 3. The van der Waals surface area contributed by atoms with Crippen LogP contribution in [0.1, 0.15) is 93.4 Å². The second-order valence-electron chi connectivity index (χ2n) is 15.1. The summed E-state index contributed by atoms with van der Waals surface area (Å²) < 4.78 is 15.8.